The molecule has 0 unspecified atom stereocenters. The maximum atomic E-state index is 10.9. The second kappa shape index (κ2) is 3.51. The van der Waals surface area contributed by atoms with Crippen molar-refractivity contribution in [2.45, 2.75) is 25.6 Å². The average molecular weight is 188 g/mol. The number of carbonyl (C=O) groups is 1. The van der Waals surface area contributed by atoms with Crippen LogP contribution in [0.4, 0.5) is 4.79 Å². The van der Waals surface area contributed by atoms with Crippen LogP contribution < -0.4 is 5.32 Å². The fourth-order valence-corrected chi connectivity index (χ4v) is 1.66. The van der Waals surface area contributed by atoms with Crippen LogP contribution in [-0.4, -0.2) is 48.1 Å². The number of likely N-dealkylation sites (N-methyl/N-ethyl adjacent to an activating group) is 1. The molecule has 1 atom stereocenters. The van der Waals surface area contributed by atoms with Gasteiger partial charge < -0.3 is 15.2 Å². The normalized spacial score (nSPS) is 26.4. The Morgan fingerprint density at radius 1 is 1.77 bits per heavy atom. The topological polar surface area (TPSA) is 61.8 Å². The van der Waals surface area contributed by atoms with Gasteiger partial charge in [0.25, 0.3) is 0 Å². The van der Waals surface area contributed by atoms with E-state index in [0.29, 0.717) is 13.2 Å². The van der Waals surface area contributed by atoms with Crippen molar-refractivity contribution in [2.75, 3.05) is 20.2 Å². The van der Waals surface area contributed by atoms with Gasteiger partial charge in [-0.3, -0.25) is 4.90 Å². The minimum absolute atomic E-state index is 0.0856. The summed E-state index contributed by atoms with van der Waals surface area (Å²) >= 11 is 0. The Kier molecular flexibility index (Phi) is 2.77. The number of rotatable bonds is 2. The molecule has 2 N–H and O–H groups in total. The lowest BCUT2D eigenvalue weighted by molar-refractivity contribution is -0.0418. The molecule has 1 fully saturated rings. The van der Waals surface area contributed by atoms with Gasteiger partial charge in [0.05, 0.1) is 12.6 Å². The Hall–Kier alpha value is -0.810. The Labute approximate surface area is 77.7 Å². The summed E-state index contributed by atoms with van der Waals surface area (Å²) in [5.74, 6) is 0. The molecule has 0 bridgehead atoms. The third-order valence-corrected chi connectivity index (χ3v) is 2.22. The molecular formula is C8H16N2O3. The molecule has 1 aliphatic heterocycles. The van der Waals surface area contributed by atoms with E-state index < -0.39 is 11.8 Å². The Morgan fingerprint density at radius 3 is 2.85 bits per heavy atom. The van der Waals surface area contributed by atoms with Gasteiger partial charge in [-0.25, -0.2) is 4.79 Å². The number of ether oxygens (including phenoxy) is 1. The monoisotopic (exact) mass is 188 g/mol. The van der Waals surface area contributed by atoms with Gasteiger partial charge in [-0.2, -0.15) is 0 Å². The Bertz CT molecular complexity index is 206. The van der Waals surface area contributed by atoms with Crippen LogP contribution in [0.25, 0.3) is 0 Å². The molecule has 0 aromatic rings. The highest BCUT2D eigenvalue weighted by Crippen LogP contribution is 2.26. The predicted octanol–water partition coefficient (Wildman–Crippen LogP) is 0.321. The molecule has 5 heteroatoms. The molecule has 5 nitrogen and oxygen atoms in total. The largest absolute Gasteiger partial charge is 0.465 e. The van der Waals surface area contributed by atoms with E-state index in [2.05, 4.69) is 5.32 Å². The van der Waals surface area contributed by atoms with Crippen molar-refractivity contribution in [1.29, 1.82) is 0 Å². The van der Waals surface area contributed by atoms with Gasteiger partial charge in [0.1, 0.15) is 5.72 Å². The van der Waals surface area contributed by atoms with Gasteiger partial charge in [-0.05, 0) is 20.9 Å². The zero-order chi connectivity index (χ0) is 10.1. The van der Waals surface area contributed by atoms with Crippen molar-refractivity contribution in [1.82, 2.24) is 10.2 Å². The lowest BCUT2D eigenvalue weighted by Gasteiger charge is -2.30. The van der Waals surface area contributed by atoms with E-state index in [9.17, 15) is 4.79 Å². The molecule has 13 heavy (non-hydrogen) atoms. The molecule has 1 saturated heterocycles. The molecule has 0 aromatic heterocycles. The van der Waals surface area contributed by atoms with Crippen molar-refractivity contribution in [3.8, 4) is 0 Å². The van der Waals surface area contributed by atoms with Crippen LogP contribution in [0.2, 0.25) is 0 Å². The molecule has 1 amide bonds. The number of amides is 1. The van der Waals surface area contributed by atoms with Gasteiger partial charge >= 0.3 is 6.09 Å². The summed E-state index contributed by atoms with van der Waals surface area (Å²) in [4.78, 5) is 12.3. The van der Waals surface area contributed by atoms with Crippen molar-refractivity contribution < 1.29 is 14.6 Å². The molecular weight excluding hydrogens is 172 g/mol. The minimum Gasteiger partial charge on any atom is -0.465 e. The van der Waals surface area contributed by atoms with Crippen LogP contribution in [0, 0.1) is 0 Å². The Balaban J connectivity index is 2.73. The van der Waals surface area contributed by atoms with Crippen molar-refractivity contribution in [2.24, 2.45) is 0 Å². The smallest absolute Gasteiger partial charge is 0.409 e. The molecule has 1 rings (SSSR count). The van der Waals surface area contributed by atoms with Crippen molar-refractivity contribution in [3.05, 3.63) is 0 Å². The minimum atomic E-state index is -0.928. The number of hydrogen-bond acceptors (Lipinski definition) is 3. The third kappa shape index (κ3) is 1.92. The van der Waals surface area contributed by atoms with E-state index in [1.54, 1.807) is 20.9 Å². The molecule has 0 aliphatic carbocycles. The number of carboxylic acid groups (broad SMARTS) is 1. The summed E-state index contributed by atoms with van der Waals surface area (Å²) in [5, 5.41) is 11.9. The van der Waals surface area contributed by atoms with E-state index in [1.165, 1.54) is 4.90 Å². The van der Waals surface area contributed by atoms with Gasteiger partial charge in [0.2, 0.25) is 0 Å². The highest BCUT2D eigenvalue weighted by Gasteiger charge is 2.43. The highest BCUT2D eigenvalue weighted by atomic mass is 16.5. The van der Waals surface area contributed by atoms with Crippen LogP contribution in [0.3, 0.4) is 0 Å². The van der Waals surface area contributed by atoms with Crippen LogP contribution in [0.5, 0.6) is 0 Å². The molecule has 76 valence electrons. The first-order valence-corrected chi connectivity index (χ1v) is 4.30. The lowest BCUT2D eigenvalue weighted by atomic mass is 10.2. The van der Waals surface area contributed by atoms with Crippen LogP contribution in [-0.2, 0) is 4.74 Å². The summed E-state index contributed by atoms with van der Waals surface area (Å²) in [7, 11) is 1.80. The van der Waals surface area contributed by atoms with Crippen molar-refractivity contribution >= 4 is 6.09 Å². The standard InChI is InChI=1S/C8H16N2O3/c1-8(2)10(7(11)12)6(4-9-3)5-13-8/h6,9H,4-5H2,1-3H3,(H,11,12)/t6-/m1/s1. The predicted molar refractivity (Wildman–Crippen MR) is 47.6 cm³/mol. The first-order chi connectivity index (χ1) is 5.99. The first-order valence-electron chi connectivity index (χ1n) is 4.30. The lowest BCUT2D eigenvalue weighted by Crippen LogP contribution is -2.49. The van der Waals surface area contributed by atoms with E-state index in [1.807, 2.05) is 0 Å². The van der Waals surface area contributed by atoms with Gasteiger partial charge in [-0.1, -0.05) is 0 Å². The molecule has 0 aromatic carbocycles. The SMILES string of the molecule is CNC[C@@H]1COC(C)(C)N1C(=O)O. The summed E-state index contributed by atoms with van der Waals surface area (Å²) < 4.78 is 5.38. The number of hydrogen-bond donors (Lipinski definition) is 2. The second-order valence-corrected chi connectivity index (χ2v) is 3.62. The van der Waals surface area contributed by atoms with Gasteiger partial charge in [0.15, 0.2) is 0 Å². The third-order valence-electron chi connectivity index (χ3n) is 2.22. The maximum absolute atomic E-state index is 10.9. The molecule has 1 heterocycles. The van der Waals surface area contributed by atoms with Crippen molar-refractivity contribution in [3.63, 3.8) is 0 Å². The first kappa shape index (κ1) is 10.3. The van der Waals surface area contributed by atoms with Gasteiger partial charge in [-0.15, -0.1) is 0 Å². The summed E-state index contributed by atoms with van der Waals surface area (Å²) in [6, 6.07) is -0.0856. The summed E-state index contributed by atoms with van der Waals surface area (Å²) in [5.41, 5.74) is -0.701. The zero-order valence-electron chi connectivity index (χ0n) is 8.20. The quantitative estimate of drug-likeness (QED) is 0.655. The molecule has 1 aliphatic rings. The molecule has 0 spiro atoms. The van der Waals surface area contributed by atoms with E-state index in [-0.39, 0.29) is 6.04 Å². The highest BCUT2D eigenvalue weighted by molar-refractivity contribution is 5.66. The summed E-state index contributed by atoms with van der Waals surface area (Å²) in [6.45, 7) is 4.60. The van der Waals surface area contributed by atoms with E-state index in [4.69, 9.17) is 9.84 Å². The molecule has 0 saturated carbocycles. The number of nitrogens with one attached hydrogen (secondary N) is 1. The fourth-order valence-electron chi connectivity index (χ4n) is 1.66. The molecule has 0 radical (unpaired) electrons. The van der Waals surface area contributed by atoms with Crippen LogP contribution >= 0.6 is 0 Å². The van der Waals surface area contributed by atoms with Crippen LogP contribution in [0.1, 0.15) is 13.8 Å². The van der Waals surface area contributed by atoms with Gasteiger partial charge in [0, 0.05) is 6.54 Å². The average Bonchev–Trinajstić information content (AvgIpc) is 2.26. The maximum Gasteiger partial charge on any atom is 0.409 e. The van der Waals surface area contributed by atoms with E-state index >= 15 is 0 Å². The number of nitrogens with zero attached hydrogens (tertiary/aromatic N) is 1. The van der Waals surface area contributed by atoms with E-state index in [0.717, 1.165) is 0 Å². The van der Waals surface area contributed by atoms with Crippen LogP contribution in [0.15, 0.2) is 0 Å². The second-order valence-electron chi connectivity index (χ2n) is 3.62. The fraction of sp³-hybridized carbons (Fsp3) is 0.875. The summed E-state index contributed by atoms with van der Waals surface area (Å²) in [6.07, 6.45) is -0.928. The Morgan fingerprint density at radius 2 is 2.38 bits per heavy atom. The zero-order valence-corrected chi connectivity index (χ0v) is 8.20.